The van der Waals surface area contributed by atoms with Gasteiger partial charge in [-0.3, -0.25) is 4.79 Å². The van der Waals surface area contributed by atoms with E-state index in [0.29, 0.717) is 18.4 Å². The molecular weight excluding hydrogens is 248 g/mol. The summed E-state index contributed by atoms with van der Waals surface area (Å²) < 4.78 is 0. The molecule has 3 nitrogen and oxygen atoms in total. The molecule has 0 aromatic heterocycles. The Labute approximate surface area is 111 Å². The number of nitriles is 2. The lowest BCUT2D eigenvalue weighted by molar-refractivity contribution is 0.0826. The summed E-state index contributed by atoms with van der Waals surface area (Å²) in [4.78, 5) is 12.4. The van der Waals surface area contributed by atoms with Gasteiger partial charge in [-0.15, -0.1) is 11.6 Å². The van der Waals surface area contributed by atoms with Gasteiger partial charge in [-0.05, 0) is 18.4 Å². The van der Waals surface area contributed by atoms with Gasteiger partial charge < -0.3 is 0 Å². The van der Waals surface area contributed by atoms with E-state index in [4.69, 9.17) is 16.9 Å². The smallest absolute Gasteiger partial charge is 0.183 e. The molecule has 0 radical (unpaired) electrons. The number of nitrogens with zero attached hydrogens (tertiary/aromatic N) is 2. The van der Waals surface area contributed by atoms with E-state index >= 15 is 0 Å². The molecule has 0 heterocycles. The van der Waals surface area contributed by atoms with Crippen molar-refractivity contribution >= 4 is 17.4 Å². The first-order valence-electron chi connectivity index (χ1n) is 5.70. The lowest BCUT2D eigenvalue weighted by Crippen LogP contribution is -2.36. The minimum atomic E-state index is -1.14. The maximum atomic E-state index is 12.4. The van der Waals surface area contributed by atoms with E-state index in [1.165, 1.54) is 0 Å². The van der Waals surface area contributed by atoms with E-state index in [9.17, 15) is 10.1 Å². The standard InChI is InChI=1S/C14H11ClN2O/c15-11(8-16)7-14(9-17)6-5-10-3-1-2-4-12(10)13(14)18/h1-4,11H,5-7H2/t11-,14-/m0/s1. The van der Waals surface area contributed by atoms with Gasteiger partial charge in [0.2, 0.25) is 0 Å². The normalized spacial score (nSPS) is 23.6. The number of carbonyl (C=O) groups is 1. The number of alkyl halides is 1. The van der Waals surface area contributed by atoms with Crippen LogP contribution in [0.15, 0.2) is 24.3 Å². The molecule has 0 unspecified atom stereocenters. The van der Waals surface area contributed by atoms with E-state index in [1.54, 1.807) is 12.1 Å². The van der Waals surface area contributed by atoms with Crippen LogP contribution < -0.4 is 0 Å². The van der Waals surface area contributed by atoms with Gasteiger partial charge in [-0.1, -0.05) is 24.3 Å². The summed E-state index contributed by atoms with van der Waals surface area (Å²) in [6.07, 6.45) is 1.20. The van der Waals surface area contributed by atoms with Crippen molar-refractivity contribution in [1.29, 1.82) is 10.5 Å². The highest BCUT2D eigenvalue weighted by atomic mass is 35.5. The zero-order chi connectivity index (χ0) is 13.2. The number of hydrogen-bond acceptors (Lipinski definition) is 3. The highest BCUT2D eigenvalue weighted by Gasteiger charge is 2.44. The Hall–Kier alpha value is -1.84. The van der Waals surface area contributed by atoms with Crippen LogP contribution in [0, 0.1) is 28.1 Å². The monoisotopic (exact) mass is 258 g/mol. The van der Waals surface area contributed by atoms with Crippen LogP contribution in [0.5, 0.6) is 0 Å². The molecule has 2 atom stereocenters. The molecule has 0 amide bonds. The summed E-state index contributed by atoms with van der Waals surface area (Å²) in [6.45, 7) is 0. The number of benzene rings is 1. The highest BCUT2D eigenvalue weighted by Crippen LogP contribution is 2.39. The van der Waals surface area contributed by atoms with Gasteiger partial charge in [-0.25, -0.2) is 0 Å². The lowest BCUT2D eigenvalue weighted by Gasteiger charge is -2.30. The summed E-state index contributed by atoms with van der Waals surface area (Å²) >= 11 is 5.79. The van der Waals surface area contributed by atoms with Crippen molar-refractivity contribution in [3.05, 3.63) is 35.4 Å². The molecular formula is C14H11ClN2O. The third-order valence-electron chi connectivity index (χ3n) is 3.40. The average Bonchev–Trinajstić information content (AvgIpc) is 2.42. The maximum absolute atomic E-state index is 12.4. The van der Waals surface area contributed by atoms with Crippen LogP contribution in [0.3, 0.4) is 0 Å². The average molecular weight is 259 g/mol. The number of ketones is 1. The quantitative estimate of drug-likeness (QED) is 0.766. The number of rotatable bonds is 2. The Morgan fingerprint density at radius 1 is 1.39 bits per heavy atom. The van der Waals surface area contributed by atoms with Crippen molar-refractivity contribution in [2.45, 2.75) is 24.6 Å². The summed E-state index contributed by atoms with van der Waals surface area (Å²) in [6, 6.07) is 11.3. The highest BCUT2D eigenvalue weighted by molar-refractivity contribution is 6.22. The SMILES string of the molecule is N#C[C@@H](Cl)C[C@]1(C#N)CCc2ccccc2C1=O. The third-order valence-corrected chi connectivity index (χ3v) is 3.65. The molecule has 2 rings (SSSR count). The number of aryl methyl sites for hydroxylation is 1. The van der Waals surface area contributed by atoms with Crippen LogP contribution in [-0.4, -0.2) is 11.2 Å². The Bertz CT molecular complexity index is 570. The molecule has 90 valence electrons. The van der Waals surface area contributed by atoms with Crippen LogP contribution in [0.2, 0.25) is 0 Å². The molecule has 0 aliphatic heterocycles. The minimum absolute atomic E-state index is 0.0920. The minimum Gasteiger partial charge on any atom is -0.292 e. The fraction of sp³-hybridized carbons (Fsp3) is 0.357. The predicted octanol–water partition coefficient (Wildman–Crippen LogP) is 2.85. The van der Waals surface area contributed by atoms with Crippen molar-refractivity contribution in [1.82, 2.24) is 0 Å². The fourth-order valence-electron chi connectivity index (χ4n) is 2.38. The van der Waals surface area contributed by atoms with Gasteiger partial charge in [0.15, 0.2) is 5.78 Å². The Kier molecular flexibility index (Phi) is 3.36. The molecule has 0 spiro atoms. The Balaban J connectivity index is 2.40. The Morgan fingerprint density at radius 2 is 2.11 bits per heavy atom. The van der Waals surface area contributed by atoms with Gasteiger partial charge in [0.1, 0.15) is 10.8 Å². The van der Waals surface area contributed by atoms with Gasteiger partial charge in [-0.2, -0.15) is 10.5 Å². The van der Waals surface area contributed by atoms with Crippen molar-refractivity contribution in [3.63, 3.8) is 0 Å². The van der Waals surface area contributed by atoms with Gasteiger partial charge in [0, 0.05) is 12.0 Å². The van der Waals surface area contributed by atoms with Crippen molar-refractivity contribution < 1.29 is 4.79 Å². The Morgan fingerprint density at radius 3 is 2.78 bits per heavy atom. The number of carbonyl (C=O) groups excluding carboxylic acids is 1. The van der Waals surface area contributed by atoms with Gasteiger partial charge in [0.25, 0.3) is 0 Å². The summed E-state index contributed by atoms with van der Waals surface area (Å²) in [5.41, 5.74) is 0.416. The molecule has 0 N–H and O–H groups in total. The first-order valence-corrected chi connectivity index (χ1v) is 6.14. The van der Waals surface area contributed by atoms with Crippen molar-refractivity contribution in [3.8, 4) is 12.1 Å². The second kappa shape index (κ2) is 4.80. The van der Waals surface area contributed by atoms with Crippen molar-refractivity contribution in [2.75, 3.05) is 0 Å². The first kappa shape index (κ1) is 12.6. The number of Topliss-reactive ketones (excluding diaryl/α,β-unsaturated/α-hetero) is 1. The molecule has 1 aromatic carbocycles. The molecule has 0 saturated carbocycles. The largest absolute Gasteiger partial charge is 0.292 e. The number of fused-ring (bicyclic) bond motifs is 1. The molecule has 0 bridgehead atoms. The molecule has 1 aliphatic carbocycles. The van der Waals surface area contributed by atoms with Gasteiger partial charge >= 0.3 is 0 Å². The van der Waals surface area contributed by atoms with E-state index in [1.807, 2.05) is 18.2 Å². The molecule has 0 saturated heterocycles. The van der Waals surface area contributed by atoms with Crippen LogP contribution in [0.4, 0.5) is 0 Å². The number of halogens is 1. The molecule has 18 heavy (non-hydrogen) atoms. The van der Waals surface area contributed by atoms with E-state index in [2.05, 4.69) is 6.07 Å². The molecule has 1 aromatic rings. The predicted molar refractivity (Wildman–Crippen MR) is 67.0 cm³/mol. The zero-order valence-corrected chi connectivity index (χ0v) is 10.4. The molecule has 0 fully saturated rings. The number of hydrogen-bond donors (Lipinski definition) is 0. The third kappa shape index (κ3) is 1.98. The fourth-order valence-corrected chi connectivity index (χ4v) is 2.64. The van der Waals surface area contributed by atoms with Gasteiger partial charge in [0.05, 0.1) is 12.1 Å². The van der Waals surface area contributed by atoms with Crippen LogP contribution in [0.1, 0.15) is 28.8 Å². The van der Waals surface area contributed by atoms with E-state index in [0.717, 1.165) is 5.56 Å². The van der Waals surface area contributed by atoms with Crippen LogP contribution >= 0.6 is 11.6 Å². The zero-order valence-electron chi connectivity index (χ0n) is 9.69. The van der Waals surface area contributed by atoms with E-state index < -0.39 is 10.8 Å². The summed E-state index contributed by atoms with van der Waals surface area (Å²) in [7, 11) is 0. The molecule has 4 heteroatoms. The summed E-state index contributed by atoms with van der Waals surface area (Å²) in [5.74, 6) is -0.201. The summed E-state index contributed by atoms with van der Waals surface area (Å²) in [5, 5.41) is 17.3. The maximum Gasteiger partial charge on any atom is 0.183 e. The van der Waals surface area contributed by atoms with Crippen LogP contribution in [0.25, 0.3) is 0 Å². The molecule has 1 aliphatic rings. The van der Waals surface area contributed by atoms with E-state index in [-0.39, 0.29) is 12.2 Å². The lowest BCUT2D eigenvalue weighted by atomic mass is 9.69. The van der Waals surface area contributed by atoms with Crippen LogP contribution in [-0.2, 0) is 6.42 Å². The second-order valence-electron chi connectivity index (χ2n) is 4.48. The first-order chi connectivity index (χ1) is 8.63. The topological polar surface area (TPSA) is 64.7 Å². The van der Waals surface area contributed by atoms with Crippen molar-refractivity contribution in [2.24, 2.45) is 5.41 Å². The second-order valence-corrected chi connectivity index (χ2v) is 5.01.